The zero-order valence-electron chi connectivity index (χ0n) is 6.03. The molecule has 0 amide bonds. The molecule has 1 aromatic heterocycles. The number of carboxylic acids is 1. The Morgan fingerprint density at radius 1 is 1.64 bits per heavy atom. The second-order valence-corrected chi connectivity index (χ2v) is 2.23. The highest BCUT2D eigenvalue weighted by molar-refractivity contribution is 5.94. The number of hydrogen-bond donors (Lipinski definition) is 3. The van der Waals surface area contributed by atoms with Crippen LogP contribution in [0.1, 0.15) is 10.4 Å². The fourth-order valence-corrected chi connectivity index (χ4v) is 0.810. The Labute approximate surface area is 63.2 Å². The van der Waals surface area contributed by atoms with Crippen molar-refractivity contribution in [2.75, 3.05) is 11.5 Å². The van der Waals surface area contributed by atoms with E-state index in [4.69, 9.17) is 16.6 Å². The van der Waals surface area contributed by atoms with Gasteiger partial charge in [0.25, 0.3) is 0 Å². The van der Waals surface area contributed by atoms with Crippen molar-refractivity contribution >= 4 is 17.6 Å². The minimum atomic E-state index is -1.06. The molecule has 0 atom stereocenters. The van der Waals surface area contributed by atoms with Crippen LogP contribution < -0.4 is 11.5 Å². The average Bonchev–Trinajstić information content (AvgIpc) is 2.17. The molecule has 0 aliphatic rings. The summed E-state index contributed by atoms with van der Waals surface area (Å²) in [5.74, 6) is -0.537. The van der Waals surface area contributed by atoms with E-state index >= 15 is 0 Å². The van der Waals surface area contributed by atoms with E-state index in [2.05, 4.69) is 0 Å². The Kier molecular flexibility index (Phi) is 1.48. The van der Waals surface area contributed by atoms with E-state index in [1.165, 1.54) is 10.6 Å². The predicted octanol–water partition coefficient (Wildman–Crippen LogP) is -0.112. The maximum Gasteiger partial charge on any atom is 0.339 e. The van der Waals surface area contributed by atoms with E-state index < -0.39 is 5.97 Å². The quantitative estimate of drug-likeness (QED) is 0.527. The number of hydrogen-bond acceptors (Lipinski definition) is 3. The smallest absolute Gasteiger partial charge is 0.339 e. The molecule has 0 aliphatic heterocycles. The van der Waals surface area contributed by atoms with Gasteiger partial charge in [-0.2, -0.15) is 0 Å². The molecular formula is C6H9N3O2. The number of rotatable bonds is 1. The SMILES string of the molecule is Cn1c(N)cc(C(=O)O)c1N. The van der Waals surface area contributed by atoms with Gasteiger partial charge in [-0.25, -0.2) is 4.79 Å². The summed E-state index contributed by atoms with van der Waals surface area (Å²) in [6.45, 7) is 0. The van der Waals surface area contributed by atoms with Crippen molar-refractivity contribution in [3.05, 3.63) is 11.6 Å². The molecule has 0 bridgehead atoms. The molecule has 0 radical (unpaired) electrons. The van der Waals surface area contributed by atoms with E-state index in [1.54, 1.807) is 7.05 Å². The van der Waals surface area contributed by atoms with Gasteiger partial charge in [0.05, 0.1) is 0 Å². The van der Waals surface area contributed by atoms with Crippen molar-refractivity contribution in [1.29, 1.82) is 0 Å². The number of carboxylic acid groups (broad SMARTS) is 1. The number of nitrogen functional groups attached to an aromatic ring is 2. The predicted molar refractivity (Wildman–Crippen MR) is 41.2 cm³/mol. The fourth-order valence-electron chi connectivity index (χ4n) is 0.810. The molecule has 5 N–H and O–H groups in total. The molecule has 0 aromatic carbocycles. The number of nitrogens with zero attached hydrogens (tertiary/aromatic N) is 1. The Morgan fingerprint density at radius 2 is 2.18 bits per heavy atom. The summed E-state index contributed by atoms with van der Waals surface area (Å²) in [5.41, 5.74) is 10.9. The summed E-state index contributed by atoms with van der Waals surface area (Å²) in [6, 6.07) is 1.33. The van der Waals surface area contributed by atoms with Gasteiger partial charge in [0.2, 0.25) is 0 Å². The minimum absolute atomic E-state index is 0.0463. The van der Waals surface area contributed by atoms with Gasteiger partial charge in [-0.05, 0) is 6.07 Å². The molecule has 0 saturated heterocycles. The average molecular weight is 155 g/mol. The third-order valence-corrected chi connectivity index (χ3v) is 1.55. The Bertz CT molecular complexity index is 303. The highest BCUT2D eigenvalue weighted by atomic mass is 16.4. The fraction of sp³-hybridized carbons (Fsp3) is 0.167. The number of carbonyl (C=O) groups is 1. The van der Waals surface area contributed by atoms with Gasteiger partial charge in [0.15, 0.2) is 0 Å². The highest BCUT2D eigenvalue weighted by Gasteiger charge is 2.12. The summed E-state index contributed by atoms with van der Waals surface area (Å²) in [6.07, 6.45) is 0. The van der Waals surface area contributed by atoms with Crippen LogP contribution >= 0.6 is 0 Å². The molecule has 5 heteroatoms. The van der Waals surface area contributed by atoms with Crippen molar-refractivity contribution in [3.63, 3.8) is 0 Å². The Morgan fingerprint density at radius 3 is 2.36 bits per heavy atom. The van der Waals surface area contributed by atoms with E-state index in [0.717, 1.165) is 0 Å². The van der Waals surface area contributed by atoms with E-state index in [1.807, 2.05) is 0 Å². The number of aromatic nitrogens is 1. The third kappa shape index (κ3) is 1.000. The van der Waals surface area contributed by atoms with Crippen LogP contribution in [0.3, 0.4) is 0 Å². The molecule has 0 fully saturated rings. The van der Waals surface area contributed by atoms with E-state index in [9.17, 15) is 4.79 Å². The second kappa shape index (κ2) is 2.19. The molecule has 1 aromatic rings. The summed E-state index contributed by atoms with van der Waals surface area (Å²) < 4.78 is 1.42. The number of nitrogens with two attached hydrogens (primary N) is 2. The standard InChI is InChI=1S/C6H9N3O2/c1-9-4(7)2-3(5(9)8)6(10)11/h2H,7-8H2,1H3,(H,10,11). The lowest BCUT2D eigenvalue weighted by atomic mass is 10.3. The lowest BCUT2D eigenvalue weighted by Crippen LogP contribution is -2.03. The van der Waals surface area contributed by atoms with Crippen LogP contribution in [-0.2, 0) is 7.05 Å². The van der Waals surface area contributed by atoms with Crippen LogP contribution in [0.25, 0.3) is 0 Å². The maximum atomic E-state index is 10.4. The highest BCUT2D eigenvalue weighted by Crippen LogP contribution is 2.17. The lowest BCUT2D eigenvalue weighted by molar-refractivity contribution is 0.0698. The van der Waals surface area contributed by atoms with Crippen molar-refractivity contribution in [3.8, 4) is 0 Å². The van der Waals surface area contributed by atoms with Gasteiger partial charge in [-0.15, -0.1) is 0 Å². The van der Waals surface area contributed by atoms with Gasteiger partial charge in [0.1, 0.15) is 17.2 Å². The third-order valence-electron chi connectivity index (χ3n) is 1.55. The maximum absolute atomic E-state index is 10.4. The van der Waals surface area contributed by atoms with Crippen LogP contribution in [-0.4, -0.2) is 15.6 Å². The molecule has 60 valence electrons. The van der Waals surface area contributed by atoms with Crippen molar-refractivity contribution in [1.82, 2.24) is 4.57 Å². The van der Waals surface area contributed by atoms with Crippen molar-refractivity contribution < 1.29 is 9.90 Å². The van der Waals surface area contributed by atoms with Crippen LogP contribution in [0.4, 0.5) is 11.6 Å². The first-order valence-electron chi connectivity index (χ1n) is 2.98. The van der Waals surface area contributed by atoms with E-state index in [0.29, 0.717) is 5.82 Å². The first-order valence-corrected chi connectivity index (χ1v) is 2.98. The first-order chi connectivity index (χ1) is 5.04. The summed E-state index contributed by atoms with van der Waals surface area (Å²) in [5, 5.41) is 8.55. The zero-order valence-corrected chi connectivity index (χ0v) is 6.03. The van der Waals surface area contributed by atoms with Crippen LogP contribution in [0, 0.1) is 0 Å². The van der Waals surface area contributed by atoms with Gasteiger partial charge < -0.3 is 21.1 Å². The van der Waals surface area contributed by atoms with Gasteiger partial charge in [-0.3, -0.25) is 0 Å². The molecule has 0 unspecified atom stereocenters. The lowest BCUT2D eigenvalue weighted by Gasteiger charge is -1.97. The summed E-state index contributed by atoms with van der Waals surface area (Å²) >= 11 is 0. The van der Waals surface area contributed by atoms with Crippen molar-refractivity contribution in [2.45, 2.75) is 0 Å². The van der Waals surface area contributed by atoms with Gasteiger partial charge >= 0.3 is 5.97 Å². The molecule has 5 nitrogen and oxygen atoms in total. The number of aromatic carboxylic acids is 1. The van der Waals surface area contributed by atoms with Gasteiger partial charge in [-0.1, -0.05) is 0 Å². The van der Waals surface area contributed by atoms with E-state index in [-0.39, 0.29) is 11.4 Å². The molecule has 1 heterocycles. The molecule has 0 saturated carbocycles. The summed E-state index contributed by atoms with van der Waals surface area (Å²) in [4.78, 5) is 10.4. The van der Waals surface area contributed by atoms with Crippen LogP contribution in [0.2, 0.25) is 0 Å². The summed E-state index contributed by atoms with van der Waals surface area (Å²) in [7, 11) is 1.61. The normalized spacial score (nSPS) is 9.91. The number of anilines is 2. The molecule has 11 heavy (non-hydrogen) atoms. The largest absolute Gasteiger partial charge is 0.478 e. The monoisotopic (exact) mass is 155 g/mol. The zero-order chi connectivity index (χ0) is 8.59. The Hall–Kier alpha value is -1.65. The molecule has 1 rings (SSSR count). The topological polar surface area (TPSA) is 94.3 Å². The van der Waals surface area contributed by atoms with Gasteiger partial charge in [0, 0.05) is 7.05 Å². The molecule has 0 aliphatic carbocycles. The van der Waals surface area contributed by atoms with Crippen molar-refractivity contribution in [2.24, 2.45) is 7.05 Å². The van der Waals surface area contributed by atoms with Crippen LogP contribution in [0.15, 0.2) is 6.07 Å². The second-order valence-electron chi connectivity index (χ2n) is 2.23. The molecular weight excluding hydrogens is 146 g/mol. The van der Waals surface area contributed by atoms with Crippen LogP contribution in [0.5, 0.6) is 0 Å². The minimum Gasteiger partial charge on any atom is -0.478 e. The Balaban J connectivity index is 3.29. The first kappa shape index (κ1) is 7.46. The molecule has 0 spiro atoms.